The van der Waals surface area contributed by atoms with Crippen molar-refractivity contribution in [1.29, 1.82) is 0 Å². The van der Waals surface area contributed by atoms with Gasteiger partial charge in [-0.25, -0.2) is 12.7 Å². The lowest BCUT2D eigenvalue weighted by Crippen LogP contribution is -2.48. The minimum atomic E-state index is -3.29. The van der Waals surface area contributed by atoms with E-state index in [1.165, 1.54) is 4.31 Å². The number of carbonyl (C=O) groups excluding carboxylic acids is 1. The van der Waals surface area contributed by atoms with Crippen molar-refractivity contribution in [2.45, 2.75) is 40.0 Å². The van der Waals surface area contributed by atoms with Crippen LogP contribution in [0.25, 0.3) is 0 Å². The van der Waals surface area contributed by atoms with Crippen LogP contribution in [0, 0.1) is 11.8 Å². The molecule has 134 valence electrons. The molecule has 1 amide bonds. The first-order valence-electron chi connectivity index (χ1n) is 8.15. The summed E-state index contributed by atoms with van der Waals surface area (Å²) in [7, 11) is -3.29. The number of carbonyl (C=O) groups is 2. The highest BCUT2D eigenvalue weighted by molar-refractivity contribution is 7.89. The van der Waals surface area contributed by atoms with Gasteiger partial charge in [-0.3, -0.25) is 9.59 Å². The number of amides is 1. The van der Waals surface area contributed by atoms with Crippen molar-refractivity contribution in [3.8, 4) is 0 Å². The molecule has 0 aromatic rings. The number of sulfonamides is 1. The van der Waals surface area contributed by atoms with Crippen molar-refractivity contribution in [3.05, 3.63) is 0 Å². The van der Waals surface area contributed by atoms with E-state index in [0.717, 1.165) is 0 Å². The monoisotopic (exact) mass is 348 g/mol. The number of carboxylic acid groups (broad SMARTS) is 1. The van der Waals surface area contributed by atoms with Crippen LogP contribution in [0.3, 0.4) is 0 Å². The molecular formula is C15H28N2O5S. The molecule has 0 aliphatic carbocycles. The summed E-state index contributed by atoms with van der Waals surface area (Å²) in [6.45, 7) is 6.85. The maximum Gasteiger partial charge on any atom is 0.305 e. The Hall–Kier alpha value is -1.15. The van der Waals surface area contributed by atoms with Gasteiger partial charge < -0.3 is 10.0 Å². The van der Waals surface area contributed by atoms with Crippen LogP contribution < -0.4 is 0 Å². The van der Waals surface area contributed by atoms with E-state index in [2.05, 4.69) is 0 Å². The first kappa shape index (κ1) is 19.9. The first-order valence-corrected chi connectivity index (χ1v) is 9.76. The minimum Gasteiger partial charge on any atom is -0.481 e. The molecule has 1 fully saturated rings. The van der Waals surface area contributed by atoms with Crippen LogP contribution in [-0.4, -0.2) is 66.5 Å². The molecule has 1 rings (SSSR count). The van der Waals surface area contributed by atoms with Gasteiger partial charge >= 0.3 is 5.97 Å². The van der Waals surface area contributed by atoms with E-state index in [1.54, 1.807) is 11.8 Å². The Morgan fingerprint density at radius 1 is 1.35 bits per heavy atom. The Bertz CT molecular complexity index is 518. The zero-order chi connectivity index (χ0) is 17.6. The highest BCUT2D eigenvalue weighted by Crippen LogP contribution is 2.22. The highest BCUT2D eigenvalue weighted by atomic mass is 32.2. The quantitative estimate of drug-likeness (QED) is 0.706. The molecule has 0 bridgehead atoms. The van der Waals surface area contributed by atoms with E-state index in [4.69, 9.17) is 5.11 Å². The van der Waals surface area contributed by atoms with Gasteiger partial charge in [0.05, 0.1) is 18.1 Å². The Kier molecular flexibility index (Phi) is 7.47. The molecule has 1 unspecified atom stereocenters. The Balaban J connectivity index is 2.79. The normalized spacial score (nSPS) is 19.7. The third-order valence-corrected chi connectivity index (χ3v) is 5.83. The van der Waals surface area contributed by atoms with Gasteiger partial charge in [-0.05, 0) is 25.7 Å². The van der Waals surface area contributed by atoms with Gasteiger partial charge in [0.2, 0.25) is 15.9 Å². The fourth-order valence-corrected chi connectivity index (χ4v) is 3.98. The van der Waals surface area contributed by atoms with Gasteiger partial charge in [-0.15, -0.1) is 0 Å². The van der Waals surface area contributed by atoms with Gasteiger partial charge in [0, 0.05) is 26.2 Å². The van der Waals surface area contributed by atoms with Crippen LogP contribution in [0.1, 0.15) is 40.0 Å². The number of hydrogen-bond acceptors (Lipinski definition) is 4. The number of nitrogens with zero attached hydrogens (tertiary/aromatic N) is 2. The molecule has 1 saturated heterocycles. The molecular weight excluding hydrogens is 320 g/mol. The minimum absolute atomic E-state index is 0.0304. The lowest BCUT2D eigenvalue weighted by molar-refractivity contribution is -0.140. The number of aliphatic carboxylic acids is 1. The molecule has 0 aromatic heterocycles. The second kappa shape index (κ2) is 8.63. The van der Waals surface area contributed by atoms with Crippen molar-refractivity contribution in [2.24, 2.45) is 11.8 Å². The predicted molar refractivity (Wildman–Crippen MR) is 87.4 cm³/mol. The summed E-state index contributed by atoms with van der Waals surface area (Å²) in [5, 5.41) is 8.84. The molecule has 1 N–H and O–H groups in total. The van der Waals surface area contributed by atoms with Crippen LogP contribution in [-0.2, 0) is 19.6 Å². The summed E-state index contributed by atoms with van der Waals surface area (Å²) in [4.78, 5) is 25.1. The molecule has 1 aliphatic heterocycles. The summed E-state index contributed by atoms with van der Waals surface area (Å²) in [6.07, 6.45) is 1.21. The molecule has 8 heteroatoms. The molecule has 7 nitrogen and oxygen atoms in total. The summed E-state index contributed by atoms with van der Waals surface area (Å²) < 4.78 is 25.4. The Morgan fingerprint density at radius 3 is 2.52 bits per heavy atom. The van der Waals surface area contributed by atoms with Crippen molar-refractivity contribution in [3.63, 3.8) is 0 Å². The summed E-state index contributed by atoms with van der Waals surface area (Å²) in [6, 6.07) is 0. The maximum atomic E-state index is 12.7. The Labute approximate surface area is 138 Å². The van der Waals surface area contributed by atoms with Crippen molar-refractivity contribution in [1.82, 2.24) is 9.21 Å². The molecule has 0 saturated carbocycles. The van der Waals surface area contributed by atoms with Crippen molar-refractivity contribution >= 4 is 21.9 Å². The van der Waals surface area contributed by atoms with E-state index in [9.17, 15) is 18.0 Å². The van der Waals surface area contributed by atoms with Crippen LogP contribution in [0.5, 0.6) is 0 Å². The van der Waals surface area contributed by atoms with E-state index in [0.29, 0.717) is 25.9 Å². The molecule has 0 aromatic carbocycles. The number of hydrogen-bond donors (Lipinski definition) is 1. The largest absolute Gasteiger partial charge is 0.481 e. The summed E-state index contributed by atoms with van der Waals surface area (Å²) in [5.74, 6) is -1.19. The molecule has 0 spiro atoms. The fourth-order valence-electron chi connectivity index (χ4n) is 2.80. The van der Waals surface area contributed by atoms with Gasteiger partial charge in [-0.1, -0.05) is 13.8 Å². The number of rotatable bonds is 8. The zero-order valence-corrected chi connectivity index (χ0v) is 15.0. The van der Waals surface area contributed by atoms with Crippen LogP contribution in [0.2, 0.25) is 0 Å². The van der Waals surface area contributed by atoms with Gasteiger partial charge in [0.15, 0.2) is 0 Å². The average Bonchev–Trinajstić information content (AvgIpc) is 2.50. The molecule has 0 radical (unpaired) electrons. The second-order valence-corrected chi connectivity index (χ2v) is 8.68. The topological polar surface area (TPSA) is 95.0 Å². The SMILES string of the molecule is CCS(=O)(=O)N1CCCC(C(=O)N(CCC(=O)O)CC(C)C)C1. The third-order valence-electron chi connectivity index (χ3n) is 3.98. The van der Waals surface area contributed by atoms with Crippen molar-refractivity contribution in [2.75, 3.05) is 31.9 Å². The molecule has 1 aliphatic rings. The van der Waals surface area contributed by atoms with Crippen molar-refractivity contribution < 1.29 is 23.1 Å². The average molecular weight is 348 g/mol. The third kappa shape index (κ3) is 6.10. The zero-order valence-electron chi connectivity index (χ0n) is 14.2. The van der Waals surface area contributed by atoms with E-state index >= 15 is 0 Å². The molecule has 1 heterocycles. The van der Waals surface area contributed by atoms with Crippen LogP contribution >= 0.6 is 0 Å². The highest BCUT2D eigenvalue weighted by Gasteiger charge is 2.33. The standard InChI is InChI=1S/C15H28N2O5S/c1-4-23(21,22)17-8-5-6-13(11-17)15(20)16(10-12(2)3)9-7-14(18)19/h12-13H,4-11H2,1-3H3,(H,18,19). The summed E-state index contributed by atoms with van der Waals surface area (Å²) >= 11 is 0. The van der Waals surface area contributed by atoms with E-state index in [-0.39, 0.29) is 43.0 Å². The van der Waals surface area contributed by atoms with E-state index < -0.39 is 16.0 Å². The van der Waals surface area contributed by atoms with Crippen LogP contribution in [0.15, 0.2) is 0 Å². The first-order chi connectivity index (χ1) is 10.7. The number of carboxylic acids is 1. The molecule has 1 atom stereocenters. The van der Waals surface area contributed by atoms with Gasteiger partial charge in [0.1, 0.15) is 0 Å². The lowest BCUT2D eigenvalue weighted by atomic mass is 9.97. The number of piperidine rings is 1. The lowest BCUT2D eigenvalue weighted by Gasteiger charge is -2.34. The van der Waals surface area contributed by atoms with Gasteiger partial charge in [0.25, 0.3) is 0 Å². The van der Waals surface area contributed by atoms with Gasteiger partial charge in [-0.2, -0.15) is 0 Å². The maximum absolute atomic E-state index is 12.7. The second-order valence-electron chi connectivity index (χ2n) is 6.42. The predicted octanol–water partition coefficient (Wildman–Crippen LogP) is 1.01. The fraction of sp³-hybridized carbons (Fsp3) is 0.867. The van der Waals surface area contributed by atoms with E-state index in [1.807, 2.05) is 13.8 Å². The molecule has 23 heavy (non-hydrogen) atoms. The Morgan fingerprint density at radius 2 is 2.00 bits per heavy atom. The van der Waals surface area contributed by atoms with Crippen LogP contribution in [0.4, 0.5) is 0 Å². The smallest absolute Gasteiger partial charge is 0.305 e. The summed E-state index contributed by atoms with van der Waals surface area (Å²) in [5.41, 5.74) is 0.